The van der Waals surface area contributed by atoms with Crippen LogP contribution in [0.5, 0.6) is 5.75 Å². The highest BCUT2D eigenvalue weighted by Gasteiger charge is 2.15. The van der Waals surface area contributed by atoms with Gasteiger partial charge in [-0.05, 0) is 30.7 Å². The van der Waals surface area contributed by atoms with E-state index in [1.54, 1.807) is 23.9 Å². The number of rotatable bonds is 5. The molecule has 0 fully saturated rings. The summed E-state index contributed by atoms with van der Waals surface area (Å²) in [6, 6.07) is 7.23. The van der Waals surface area contributed by atoms with Gasteiger partial charge in [0.25, 0.3) is 5.82 Å². The first-order valence-electron chi connectivity index (χ1n) is 5.99. The molecular weight excluding hydrogens is 246 g/mol. The van der Waals surface area contributed by atoms with E-state index in [1.165, 1.54) is 0 Å². The molecular formula is C13H15N3O3. The number of carboxylic acid groups (broad SMARTS) is 1. The first-order valence-corrected chi connectivity index (χ1v) is 5.99. The molecule has 2 rings (SSSR count). The van der Waals surface area contributed by atoms with Crippen LogP contribution >= 0.6 is 0 Å². The molecule has 0 radical (unpaired) electrons. The van der Waals surface area contributed by atoms with Crippen molar-refractivity contribution in [1.29, 1.82) is 0 Å². The van der Waals surface area contributed by atoms with Gasteiger partial charge in [0.1, 0.15) is 11.6 Å². The maximum absolute atomic E-state index is 10.9. The van der Waals surface area contributed by atoms with Crippen molar-refractivity contribution in [3.8, 4) is 11.4 Å². The van der Waals surface area contributed by atoms with Crippen LogP contribution in [-0.2, 0) is 6.42 Å². The first-order chi connectivity index (χ1) is 9.15. The van der Waals surface area contributed by atoms with Gasteiger partial charge in [-0.15, -0.1) is 5.10 Å². The minimum Gasteiger partial charge on any atom is -0.497 e. The molecule has 0 unspecified atom stereocenters. The van der Waals surface area contributed by atoms with Crippen molar-refractivity contribution in [1.82, 2.24) is 14.8 Å². The summed E-state index contributed by atoms with van der Waals surface area (Å²) >= 11 is 0. The molecule has 0 atom stereocenters. The molecule has 0 aliphatic carbocycles. The molecule has 0 bridgehead atoms. The highest BCUT2D eigenvalue weighted by molar-refractivity contribution is 5.83. The molecule has 2 aromatic rings. The summed E-state index contributed by atoms with van der Waals surface area (Å²) in [5.41, 5.74) is 0.768. The van der Waals surface area contributed by atoms with Crippen molar-refractivity contribution < 1.29 is 14.6 Å². The summed E-state index contributed by atoms with van der Waals surface area (Å²) in [7, 11) is 1.59. The average Bonchev–Trinajstić information content (AvgIpc) is 2.84. The van der Waals surface area contributed by atoms with E-state index in [2.05, 4.69) is 10.1 Å². The molecule has 6 heteroatoms. The van der Waals surface area contributed by atoms with Crippen molar-refractivity contribution in [2.24, 2.45) is 0 Å². The standard InChI is InChI=1S/C13H15N3O3/c1-3-4-11-14-12(13(17)18)15-16(11)9-5-7-10(19-2)8-6-9/h5-8H,3-4H2,1-2H3,(H,17,18). The fourth-order valence-corrected chi connectivity index (χ4v) is 1.75. The molecule has 19 heavy (non-hydrogen) atoms. The zero-order valence-corrected chi connectivity index (χ0v) is 10.8. The summed E-state index contributed by atoms with van der Waals surface area (Å²) in [5.74, 6) is 0.0771. The maximum Gasteiger partial charge on any atom is 0.375 e. The van der Waals surface area contributed by atoms with Gasteiger partial charge in [0.15, 0.2) is 0 Å². The van der Waals surface area contributed by atoms with Crippen molar-refractivity contribution in [2.75, 3.05) is 7.11 Å². The maximum atomic E-state index is 10.9. The molecule has 0 aliphatic rings. The predicted molar refractivity (Wildman–Crippen MR) is 68.9 cm³/mol. The molecule has 0 spiro atoms. The number of carboxylic acids is 1. The third-order valence-electron chi connectivity index (χ3n) is 2.66. The predicted octanol–water partition coefficient (Wildman–Crippen LogP) is 1.93. The Balaban J connectivity index is 2.43. The van der Waals surface area contributed by atoms with E-state index < -0.39 is 5.97 Å². The van der Waals surface area contributed by atoms with Crippen LogP contribution in [0.3, 0.4) is 0 Å². The van der Waals surface area contributed by atoms with Gasteiger partial charge >= 0.3 is 5.97 Å². The first kappa shape index (κ1) is 13.1. The van der Waals surface area contributed by atoms with Crippen molar-refractivity contribution in [3.63, 3.8) is 0 Å². The third kappa shape index (κ3) is 2.73. The van der Waals surface area contributed by atoms with Crippen LogP contribution < -0.4 is 4.74 Å². The molecule has 1 aromatic carbocycles. The van der Waals surface area contributed by atoms with Crippen molar-refractivity contribution in [3.05, 3.63) is 35.9 Å². The van der Waals surface area contributed by atoms with Gasteiger partial charge in [-0.1, -0.05) is 6.92 Å². The fraction of sp³-hybridized carbons (Fsp3) is 0.308. The Morgan fingerprint density at radius 1 is 1.37 bits per heavy atom. The van der Waals surface area contributed by atoms with Gasteiger partial charge in [0, 0.05) is 6.42 Å². The van der Waals surface area contributed by atoms with Crippen molar-refractivity contribution in [2.45, 2.75) is 19.8 Å². The van der Waals surface area contributed by atoms with Gasteiger partial charge < -0.3 is 9.84 Å². The topological polar surface area (TPSA) is 77.2 Å². The second kappa shape index (κ2) is 5.51. The zero-order chi connectivity index (χ0) is 13.8. The van der Waals surface area contributed by atoms with Gasteiger partial charge in [-0.3, -0.25) is 0 Å². The summed E-state index contributed by atoms with van der Waals surface area (Å²) in [5, 5.41) is 13.0. The summed E-state index contributed by atoms with van der Waals surface area (Å²) in [6.45, 7) is 2.01. The largest absolute Gasteiger partial charge is 0.497 e. The second-order valence-corrected chi connectivity index (χ2v) is 4.02. The highest BCUT2D eigenvalue weighted by atomic mass is 16.5. The van der Waals surface area contributed by atoms with Crippen LogP contribution in [0.2, 0.25) is 0 Å². The van der Waals surface area contributed by atoms with E-state index >= 15 is 0 Å². The van der Waals surface area contributed by atoms with E-state index in [9.17, 15) is 4.79 Å². The molecule has 1 heterocycles. The Kier molecular flexibility index (Phi) is 3.79. The normalized spacial score (nSPS) is 10.4. The van der Waals surface area contributed by atoms with Crippen LogP contribution in [0, 0.1) is 0 Å². The number of carbonyl (C=O) groups is 1. The van der Waals surface area contributed by atoms with Crippen LogP contribution in [0.15, 0.2) is 24.3 Å². The molecule has 0 aliphatic heterocycles. The Labute approximate surface area is 110 Å². The molecule has 100 valence electrons. The molecule has 6 nitrogen and oxygen atoms in total. The summed E-state index contributed by atoms with van der Waals surface area (Å²) in [4.78, 5) is 15.0. The average molecular weight is 261 g/mol. The van der Waals surface area contributed by atoms with E-state index in [1.807, 2.05) is 19.1 Å². The van der Waals surface area contributed by atoms with Gasteiger partial charge in [0.2, 0.25) is 0 Å². The molecule has 0 saturated heterocycles. The molecule has 1 N–H and O–H groups in total. The van der Waals surface area contributed by atoms with Crippen LogP contribution in [-0.4, -0.2) is 33.0 Å². The van der Waals surface area contributed by atoms with Gasteiger partial charge in [-0.2, -0.15) is 0 Å². The number of ether oxygens (including phenoxy) is 1. The Hall–Kier alpha value is -2.37. The number of aromatic carboxylic acids is 1. The molecule has 0 amide bonds. The highest BCUT2D eigenvalue weighted by Crippen LogP contribution is 2.16. The monoisotopic (exact) mass is 261 g/mol. The number of nitrogens with zero attached hydrogens (tertiary/aromatic N) is 3. The number of benzene rings is 1. The van der Waals surface area contributed by atoms with Crippen LogP contribution in [0.25, 0.3) is 5.69 Å². The fourth-order valence-electron chi connectivity index (χ4n) is 1.75. The zero-order valence-electron chi connectivity index (χ0n) is 10.8. The second-order valence-electron chi connectivity index (χ2n) is 4.02. The van der Waals surface area contributed by atoms with Crippen LogP contribution in [0.1, 0.15) is 29.8 Å². The number of hydrogen-bond acceptors (Lipinski definition) is 4. The Morgan fingerprint density at radius 3 is 2.58 bits per heavy atom. The summed E-state index contributed by atoms with van der Waals surface area (Å²) < 4.78 is 6.65. The summed E-state index contributed by atoms with van der Waals surface area (Å²) in [6.07, 6.45) is 1.54. The Bertz CT molecular complexity index is 575. The van der Waals surface area contributed by atoms with E-state index in [0.29, 0.717) is 12.2 Å². The van der Waals surface area contributed by atoms with E-state index in [-0.39, 0.29) is 5.82 Å². The van der Waals surface area contributed by atoms with E-state index in [4.69, 9.17) is 9.84 Å². The number of hydrogen-bond donors (Lipinski definition) is 1. The minimum absolute atomic E-state index is 0.181. The van der Waals surface area contributed by atoms with Gasteiger partial charge in [0.05, 0.1) is 12.8 Å². The van der Waals surface area contributed by atoms with Crippen LogP contribution in [0.4, 0.5) is 0 Å². The lowest BCUT2D eigenvalue weighted by Gasteiger charge is -2.05. The van der Waals surface area contributed by atoms with Crippen molar-refractivity contribution >= 4 is 5.97 Å². The lowest BCUT2D eigenvalue weighted by molar-refractivity contribution is 0.0683. The molecule has 1 aromatic heterocycles. The number of aryl methyl sites for hydroxylation is 1. The number of methoxy groups -OCH3 is 1. The quantitative estimate of drug-likeness (QED) is 0.889. The smallest absolute Gasteiger partial charge is 0.375 e. The van der Waals surface area contributed by atoms with Gasteiger partial charge in [-0.25, -0.2) is 14.5 Å². The minimum atomic E-state index is -1.12. The number of aromatic nitrogens is 3. The Morgan fingerprint density at radius 2 is 2.05 bits per heavy atom. The molecule has 0 saturated carbocycles. The SMILES string of the molecule is CCCc1nc(C(=O)O)nn1-c1ccc(OC)cc1. The third-order valence-corrected chi connectivity index (χ3v) is 2.66. The lowest BCUT2D eigenvalue weighted by atomic mass is 10.3. The lowest BCUT2D eigenvalue weighted by Crippen LogP contribution is -2.03. The van der Waals surface area contributed by atoms with E-state index in [0.717, 1.165) is 17.9 Å².